The normalized spacial score (nSPS) is 23.9. The van der Waals surface area contributed by atoms with Gasteiger partial charge in [0, 0.05) is 25.7 Å². The summed E-state index contributed by atoms with van der Waals surface area (Å²) in [5.41, 5.74) is 1.04. The summed E-state index contributed by atoms with van der Waals surface area (Å²) in [7, 11) is 0. The highest BCUT2D eigenvalue weighted by atomic mass is 35.5. The van der Waals surface area contributed by atoms with E-state index < -0.39 is 17.5 Å². The standard InChI is InChI=1S/C27H20Cl4N4O2/c28-17-5-1-15(2-6-17)26(11-12-26)25-34-33-24(37-25)23-21(14-36)27(35-32-23,16-3-7-18(29)8-4-16)20-10-9-19(30)13-22(20)31/h1-10,13,21,23,36H,11-12,14H2. The Hall–Kier alpha value is -2.48. The Labute approximate surface area is 233 Å². The van der Waals surface area contributed by atoms with Crippen LogP contribution in [0.1, 0.15) is 47.4 Å². The second kappa shape index (κ2) is 9.37. The third-order valence-corrected chi connectivity index (χ3v) is 8.38. The molecule has 0 radical (unpaired) electrons. The summed E-state index contributed by atoms with van der Waals surface area (Å²) in [5, 5.41) is 31.0. The molecule has 1 N–H and O–H groups in total. The largest absolute Gasteiger partial charge is 0.422 e. The van der Waals surface area contributed by atoms with Gasteiger partial charge >= 0.3 is 0 Å². The first-order valence-electron chi connectivity index (χ1n) is 11.7. The molecule has 0 amide bonds. The van der Waals surface area contributed by atoms with Crippen LogP contribution in [0.4, 0.5) is 0 Å². The molecule has 1 aliphatic carbocycles. The van der Waals surface area contributed by atoms with Crippen LogP contribution in [0.3, 0.4) is 0 Å². The molecule has 3 atom stereocenters. The van der Waals surface area contributed by atoms with E-state index in [-0.39, 0.29) is 12.0 Å². The average Bonchev–Trinajstić information content (AvgIpc) is 3.38. The van der Waals surface area contributed by atoms with Crippen LogP contribution in [0.5, 0.6) is 0 Å². The van der Waals surface area contributed by atoms with Crippen molar-refractivity contribution in [2.24, 2.45) is 16.1 Å². The maximum atomic E-state index is 10.7. The maximum Gasteiger partial charge on any atom is 0.243 e. The van der Waals surface area contributed by atoms with E-state index in [4.69, 9.17) is 55.9 Å². The van der Waals surface area contributed by atoms with Gasteiger partial charge in [0.2, 0.25) is 11.8 Å². The molecule has 6 rings (SSSR count). The molecule has 188 valence electrons. The number of aliphatic hydroxyl groups is 1. The number of aliphatic hydroxyl groups excluding tert-OH is 1. The highest BCUT2D eigenvalue weighted by molar-refractivity contribution is 6.35. The van der Waals surface area contributed by atoms with Crippen molar-refractivity contribution in [1.29, 1.82) is 0 Å². The number of aromatic nitrogens is 2. The zero-order valence-electron chi connectivity index (χ0n) is 19.3. The van der Waals surface area contributed by atoms with Gasteiger partial charge in [0.1, 0.15) is 5.54 Å². The molecular weight excluding hydrogens is 554 g/mol. The molecule has 1 aliphatic heterocycles. The van der Waals surface area contributed by atoms with E-state index in [1.165, 1.54) is 0 Å². The molecule has 10 heteroatoms. The minimum atomic E-state index is -1.12. The van der Waals surface area contributed by atoms with Gasteiger partial charge in [-0.05, 0) is 60.4 Å². The van der Waals surface area contributed by atoms with Gasteiger partial charge in [-0.1, -0.05) is 76.7 Å². The summed E-state index contributed by atoms with van der Waals surface area (Å²) < 4.78 is 6.25. The lowest BCUT2D eigenvalue weighted by molar-refractivity contribution is 0.162. The first-order valence-corrected chi connectivity index (χ1v) is 13.2. The molecule has 2 aliphatic rings. The zero-order valence-corrected chi connectivity index (χ0v) is 22.3. The highest BCUT2D eigenvalue weighted by Crippen LogP contribution is 2.56. The van der Waals surface area contributed by atoms with Gasteiger partial charge in [-0.25, -0.2) is 0 Å². The molecule has 4 aromatic rings. The molecule has 6 nitrogen and oxygen atoms in total. The number of hydrogen-bond acceptors (Lipinski definition) is 6. The SMILES string of the molecule is OCC1C(c2nnc(C3(c4ccc(Cl)cc4)CC3)o2)N=NC1(c1ccc(Cl)cc1)c1ccc(Cl)cc1Cl. The first-order chi connectivity index (χ1) is 17.9. The number of azo groups is 1. The van der Waals surface area contributed by atoms with Crippen molar-refractivity contribution in [3.8, 4) is 0 Å². The quantitative estimate of drug-likeness (QED) is 0.255. The topological polar surface area (TPSA) is 83.9 Å². The second-order valence-corrected chi connectivity index (χ2v) is 11.1. The number of nitrogens with zero attached hydrogens (tertiary/aromatic N) is 4. The van der Waals surface area contributed by atoms with Crippen molar-refractivity contribution in [2.45, 2.75) is 29.8 Å². The third kappa shape index (κ3) is 4.06. The number of benzene rings is 3. The predicted octanol–water partition coefficient (Wildman–Crippen LogP) is 7.82. The van der Waals surface area contributed by atoms with Crippen LogP contribution in [0.2, 0.25) is 20.1 Å². The monoisotopic (exact) mass is 572 g/mol. The van der Waals surface area contributed by atoms with Crippen molar-refractivity contribution >= 4 is 46.4 Å². The lowest BCUT2D eigenvalue weighted by Crippen LogP contribution is -2.36. The summed E-state index contributed by atoms with van der Waals surface area (Å²) in [4.78, 5) is 0. The van der Waals surface area contributed by atoms with Gasteiger partial charge in [0.15, 0.2) is 6.04 Å². The fourth-order valence-electron chi connectivity index (χ4n) is 5.24. The smallest absolute Gasteiger partial charge is 0.243 e. The fraction of sp³-hybridized carbons (Fsp3) is 0.259. The maximum absolute atomic E-state index is 10.7. The van der Waals surface area contributed by atoms with Crippen LogP contribution >= 0.6 is 46.4 Å². The molecule has 3 unspecified atom stereocenters. The van der Waals surface area contributed by atoms with Crippen LogP contribution in [0, 0.1) is 5.92 Å². The summed E-state index contributed by atoms with van der Waals surface area (Å²) in [6.07, 6.45) is 1.78. The number of halogens is 4. The van der Waals surface area contributed by atoms with Gasteiger partial charge in [-0.3, -0.25) is 0 Å². The lowest BCUT2D eigenvalue weighted by Gasteiger charge is -2.34. The molecule has 1 fully saturated rings. The van der Waals surface area contributed by atoms with Crippen LogP contribution in [0.15, 0.2) is 81.4 Å². The van der Waals surface area contributed by atoms with Crippen molar-refractivity contribution in [3.63, 3.8) is 0 Å². The van der Waals surface area contributed by atoms with Gasteiger partial charge in [0.05, 0.1) is 17.9 Å². The fourth-order valence-corrected chi connectivity index (χ4v) is 6.05. The number of hydrogen-bond donors (Lipinski definition) is 1. The minimum absolute atomic E-state index is 0.265. The van der Waals surface area contributed by atoms with Crippen LogP contribution in [0.25, 0.3) is 0 Å². The van der Waals surface area contributed by atoms with Gasteiger partial charge < -0.3 is 9.52 Å². The van der Waals surface area contributed by atoms with E-state index in [1.807, 2.05) is 42.5 Å². The van der Waals surface area contributed by atoms with Crippen molar-refractivity contribution < 1.29 is 9.52 Å². The van der Waals surface area contributed by atoms with Gasteiger partial charge in [0.25, 0.3) is 0 Å². The Morgan fingerprint density at radius 2 is 1.43 bits per heavy atom. The zero-order chi connectivity index (χ0) is 25.8. The van der Waals surface area contributed by atoms with E-state index in [2.05, 4.69) is 15.3 Å². The minimum Gasteiger partial charge on any atom is -0.422 e. The van der Waals surface area contributed by atoms with Gasteiger partial charge in [-0.15, -0.1) is 10.2 Å². The summed E-state index contributed by atoms with van der Waals surface area (Å²) in [6, 6.07) is 19.5. The molecule has 3 aromatic carbocycles. The molecule has 1 saturated carbocycles. The number of rotatable bonds is 6. The highest BCUT2D eigenvalue weighted by Gasteiger charge is 2.55. The molecule has 2 heterocycles. The Kier molecular flexibility index (Phi) is 6.29. The Morgan fingerprint density at radius 1 is 0.811 bits per heavy atom. The Balaban J connectivity index is 1.42. The molecule has 1 aromatic heterocycles. The Bertz CT molecular complexity index is 1490. The van der Waals surface area contributed by atoms with E-state index in [0.717, 1.165) is 24.0 Å². The van der Waals surface area contributed by atoms with Crippen LogP contribution in [-0.2, 0) is 11.0 Å². The van der Waals surface area contributed by atoms with Crippen molar-refractivity contribution in [3.05, 3.63) is 115 Å². The average molecular weight is 574 g/mol. The van der Waals surface area contributed by atoms with E-state index in [9.17, 15) is 5.11 Å². The van der Waals surface area contributed by atoms with E-state index in [0.29, 0.717) is 37.4 Å². The van der Waals surface area contributed by atoms with Gasteiger partial charge in [-0.2, -0.15) is 10.2 Å². The predicted molar refractivity (Wildman–Crippen MR) is 143 cm³/mol. The summed E-state index contributed by atoms with van der Waals surface area (Å²) in [5.74, 6) is 0.232. The molecule has 0 bridgehead atoms. The first kappa shape index (κ1) is 24.8. The molecule has 0 saturated heterocycles. The second-order valence-electron chi connectivity index (χ2n) is 9.38. The van der Waals surface area contributed by atoms with E-state index >= 15 is 0 Å². The lowest BCUT2D eigenvalue weighted by atomic mass is 9.72. The van der Waals surface area contributed by atoms with Crippen LogP contribution in [-0.4, -0.2) is 21.9 Å². The summed E-state index contributed by atoms with van der Waals surface area (Å²) in [6.45, 7) is -0.265. The van der Waals surface area contributed by atoms with E-state index in [1.54, 1.807) is 24.3 Å². The van der Waals surface area contributed by atoms with Crippen molar-refractivity contribution in [1.82, 2.24) is 10.2 Å². The van der Waals surface area contributed by atoms with Crippen molar-refractivity contribution in [2.75, 3.05) is 6.61 Å². The van der Waals surface area contributed by atoms with Crippen LogP contribution < -0.4 is 0 Å². The third-order valence-electron chi connectivity index (χ3n) is 7.33. The molecular formula is C27H20Cl4N4O2. The Morgan fingerprint density at radius 3 is 2.03 bits per heavy atom. The molecule has 0 spiro atoms. The molecule has 37 heavy (non-hydrogen) atoms. The summed E-state index contributed by atoms with van der Waals surface area (Å²) >= 11 is 25.2.